The second-order valence-corrected chi connectivity index (χ2v) is 7.56. The number of alkyl halides is 3. The molecule has 11 heteroatoms. The van der Waals surface area contributed by atoms with Crippen LogP contribution in [0.1, 0.15) is 29.7 Å². The van der Waals surface area contributed by atoms with E-state index in [1.54, 1.807) is 6.92 Å². The number of hydrogen-bond donors (Lipinski definition) is 1. The second-order valence-electron chi connectivity index (χ2n) is 6.12. The molecule has 1 heterocycles. The van der Waals surface area contributed by atoms with Crippen molar-refractivity contribution in [1.82, 2.24) is 4.57 Å². The Balaban J connectivity index is 2.18. The highest BCUT2D eigenvalue weighted by atomic mass is 35.5. The van der Waals surface area contributed by atoms with Gasteiger partial charge in [-0.2, -0.15) is 4.99 Å². The third kappa shape index (κ3) is 4.82. The monoisotopic (exact) mass is 458 g/mol. The lowest BCUT2D eigenvalue weighted by atomic mass is 10.2. The molecule has 0 aliphatic rings. The van der Waals surface area contributed by atoms with Crippen molar-refractivity contribution < 1.29 is 32.6 Å². The van der Waals surface area contributed by atoms with Gasteiger partial charge in [-0.1, -0.05) is 29.9 Å². The quantitative estimate of drug-likeness (QED) is 0.581. The Kier molecular flexibility index (Phi) is 6.18. The number of amides is 1. The van der Waals surface area contributed by atoms with Crippen LogP contribution in [0.2, 0.25) is 5.02 Å². The molecule has 1 amide bonds. The summed E-state index contributed by atoms with van der Waals surface area (Å²) < 4.78 is 43.1. The molecular weight excluding hydrogens is 445 g/mol. The summed E-state index contributed by atoms with van der Waals surface area (Å²) in [6.45, 7) is 1.64. The van der Waals surface area contributed by atoms with Crippen LogP contribution in [0.3, 0.4) is 0 Å². The number of halogens is 4. The minimum atomic E-state index is -4.87. The van der Waals surface area contributed by atoms with Crippen molar-refractivity contribution >= 4 is 45.0 Å². The van der Waals surface area contributed by atoms with Crippen molar-refractivity contribution in [3.05, 3.63) is 57.9 Å². The predicted octanol–water partition coefficient (Wildman–Crippen LogP) is 5.03. The van der Waals surface area contributed by atoms with E-state index in [0.717, 1.165) is 23.5 Å². The van der Waals surface area contributed by atoms with Crippen molar-refractivity contribution in [1.29, 1.82) is 0 Å². The number of rotatable bonds is 5. The molecule has 0 radical (unpaired) electrons. The first-order valence-corrected chi connectivity index (χ1v) is 9.76. The summed E-state index contributed by atoms with van der Waals surface area (Å²) in [7, 11) is 0. The molecule has 0 spiro atoms. The summed E-state index contributed by atoms with van der Waals surface area (Å²) in [5, 5.41) is 10.0. The normalized spacial score (nSPS) is 13.4. The number of carboxylic acid groups (broad SMARTS) is 1. The average molecular weight is 459 g/mol. The minimum absolute atomic E-state index is 0.0448. The number of carboxylic acids is 1. The zero-order valence-corrected chi connectivity index (χ0v) is 16.9. The first kappa shape index (κ1) is 21.8. The van der Waals surface area contributed by atoms with Crippen molar-refractivity contribution in [2.75, 3.05) is 0 Å². The van der Waals surface area contributed by atoms with Gasteiger partial charge >= 0.3 is 12.3 Å². The number of benzene rings is 2. The molecule has 2 aromatic carbocycles. The van der Waals surface area contributed by atoms with Gasteiger partial charge in [-0.3, -0.25) is 4.79 Å². The van der Waals surface area contributed by atoms with Crippen molar-refractivity contribution in [2.24, 2.45) is 4.99 Å². The van der Waals surface area contributed by atoms with E-state index in [2.05, 4.69) is 9.73 Å². The van der Waals surface area contributed by atoms with Gasteiger partial charge in [-0.05, 0) is 48.9 Å². The number of carbonyl (C=O) groups excluding carboxylic acids is 1. The van der Waals surface area contributed by atoms with Crippen LogP contribution in [0.5, 0.6) is 5.75 Å². The molecule has 158 valence electrons. The number of thiazole rings is 1. The molecule has 1 atom stereocenters. The van der Waals surface area contributed by atoms with Crippen LogP contribution in [0.25, 0.3) is 10.2 Å². The lowest BCUT2D eigenvalue weighted by molar-refractivity contribution is -0.274. The molecule has 0 saturated carbocycles. The highest BCUT2D eigenvalue weighted by molar-refractivity contribution is 7.16. The van der Waals surface area contributed by atoms with Crippen LogP contribution in [-0.2, 0) is 4.79 Å². The number of hydrogen-bond acceptors (Lipinski definition) is 4. The van der Waals surface area contributed by atoms with Gasteiger partial charge in [0.15, 0.2) is 4.80 Å². The van der Waals surface area contributed by atoms with Crippen molar-refractivity contribution in [3.8, 4) is 5.75 Å². The number of carbonyl (C=O) groups is 2. The van der Waals surface area contributed by atoms with Gasteiger partial charge in [0.25, 0.3) is 5.91 Å². The fraction of sp³-hybridized carbons (Fsp3) is 0.211. The number of ether oxygens (including phenoxy) is 1. The summed E-state index contributed by atoms with van der Waals surface area (Å²) >= 11 is 6.70. The lowest BCUT2D eigenvalue weighted by Gasteiger charge is -2.14. The van der Waals surface area contributed by atoms with Crippen LogP contribution < -0.4 is 9.54 Å². The number of aromatic nitrogens is 1. The van der Waals surface area contributed by atoms with E-state index in [4.69, 9.17) is 11.6 Å². The van der Waals surface area contributed by atoms with E-state index in [1.165, 1.54) is 34.9 Å². The van der Waals surface area contributed by atoms with Crippen LogP contribution in [0, 0.1) is 0 Å². The largest absolute Gasteiger partial charge is 0.573 e. The van der Waals surface area contributed by atoms with E-state index in [0.29, 0.717) is 15.2 Å². The molecule has 1 unspecified atom stereocenters. The van der Waals surface area contributed by atoms with Crippen molar-refractivity contribution in [3.63, 3.8) is 0 Å². The summed E-state index contributed by atoms with van der Waals surface area (Å²) in [5.74, 6) is -2.26. The molecule has 1 aromatic heterocycles. The topological polar surface area (TPSA) is 80.9 Å². The summed E-state index contributed by atoms with van der Waals surface area (Å²) in [6, 6.07) is 8.41. The summed E-state index contributed by atoms with van der Waals surface area (Å²) in [5.41, 5.74) is 0.555. The molecule has 1 N–H and O–H groups in total. The van der Waals surface area contributed by atoms with E-state index < -0.39 is 30.0 Å². The molecule has 3 rings (SSSR count). The van der Waals surface area contributed by atoms with Crippen LogP contribution in [-0.4, -0.2) is 27.9 Å². The Labute approximate surface area is 176 Å². The SMILES string of the molecule is CCC(C(=O)O)n1/c(=N/C(=O)c2ccc(Cl)cc2)sc2cc(OC(F)(F)F)ccc21. The van der Waals surface area contributed by atoms with Gasteiger partial charge < -0.3 is 14.4 Å². The molecule has 3 aromatic rings. The lowest BCUT2D eigenvalue weighted by Crippen LogP contribution is -2.27. The Morgan fingerprint density at radius 3 is 2.47 bits per heavy atom. The molecule has 0 bridgehead atoms. The third-order valence-corrected chi connectivity index (χ3v) is 5.37. The smallest absolute Gasteiger partial charge is 0.480 e. The zero-order valence-electron chi connectivity index (χ0n) is 15.3. The zero-order chi connectivity index (χ0) is 22.1. The van der Waals surface area contributed by atoms with Gasteiger partial charge in [0, 0.05) is 10.6 Å². The summed E-state index contributed by atoms with van der Waals surface area (Å²) in [6.07, 6.45) is -4.70. The standard InChI is InChI=1S/C19H14ClF3N2O4S/c1-2-13(17(27)28)25-14-8-7-12(29-19(21,22)23)9-15(14)30-18(25)24-16(26)10-3-5-11(20)6-4-10/h3-9,13H,2H2,1H3,(H,27,28)/b24-18-. The van der Waals surface area contributed by atoms with E-state index in [1.807, 2.05) is 0 Å². The fourth-order valence-electron chi connectivity index (χ4n) is 2.81. The summed E-state index contributed by atoms with van der Waals surface area (Å²) in [4.78, 5) is 28.4. The van der Waals surface area contributed by atoms with Gasteiger partial charge in [0.1, 0.15) is 11.8 Å². The molecule has 30 heavy (non-hydrogen) atoms. The second kappa shape index (κ2) is 8.49. The highest BCUT2D eigenvalue weighted by Crippen LogP contribution is 2.30. The molecule has 6 nitrogen and oxygen atoms in total. The minimum Gasteiger partial charge on any atom is -0.480 e. The predicted molar refractivity (Wildman–Crippen MR) is 105 cm³/mol. The first-order valence-electron chi connectivity index (χ1n) is 8.57. The maximum Gasteiger partial charge on any atom is 0.573 e. The van der Waals surface area contributed by atoms with Crippen LogP contribution in [0.15, 0.2) is 47.5 Å². The average Bonchev–Trinajstić information content (AvgIpc) is 2.98. The van der Waals surface area contributed by atoms with E-state index >= 15 is 0 Å². The van der Waals surface area contributed by atoms with Crippen LogP contribution in [0.4, 0.5) is 13.2 Å². The van der Waals surface area contributed by atoms with Crippen molar-refractivity contribution in [2.45, 2.75) is 25.7 Å². The maximum atomic E-state index is 12.6. The van der Waals surface area contributed by atoms with E-state index in [-0.39, 0.29) is 16.8 Å². The van der Waals surface area contributed by atoms with Gasteiger partial charge in [0.2, 0.25) is 0 Å². The Morgan fingerprint density at radius 1 is 1.23 bits per heavy atom. The molecular formula is C19H14ClF3N2O4S. The maximum absolute atomic E-state index is 12.6. The fourth-order valence-corrected chi connectivity index (χ4v) is 4.03. The highest BCUT2D eigenvalue weighted by Gasteiger charge is 2.31. The molecule has 0 aliphatic carbocycles. The van der Waals surface area contributed by atoms with E-state index in [9.17, 15) is 27.9 Å². The number of aliphatic carboxylic acids is 1. The molecule has 0 saturated heterocycles. The van der Waals surface area contributed by atoms with Gasteiger partial charge in [-0.15, -0.1) is 13.2 Å². The van der Waals surface area contributed by atoms with Gasteiger partial charge in [0.05, 0.1) is 10.2 Å². The van der Waals surface area contributed by atoms with Crippen LogP contribution >= 0.6 is 22.9 Å². The molecule has 0 fully saturated rings. The third-order valence-electron chi connectivity index (χ3n) is 4.10. The molecule has 0 aliphatic heterocycles. The Bertz CT molecular complexity index is 1170. The Morgan fingerprint density at radius 2 is 1.90 bits per heavy atom. The first-order chi connectivity index (χ1) is 14.1. The van der Waals surface area contributed by atoms with Gasteiger partial charge in [-0.25, -0.2) is 4.79 Å². The Hall–Kier alpha value is -2.85. The number of fused-ring (bicyclic) bond motifs is 1. The number of nitrogens with zero attached hydrogens (tertiary/aromatic N) is 2.